The molecule has 0 saturated heterocycles. The molecule has 0 aliphatic heterocycles. The molecule has 0 saturated carbocycles. The van der Waals surface area contributed by atoms with Gasteiger partial charge in [0.1, 0.15) is 5.83 Å². The van der Waals surface area contributed by atoms with Crippen molar-refractivity contribution >= 4 is 0 Å². The van der Waals surface area contributed by atoms with Crippen LogP contribution in [0.2, 0.25) is 0 Å². The first-order chi connectivity index (χ1) is 5.80. The fraction of sp³-hybridized carbons (Fsp3) is 0.500. The highest BCUT2D eigenvalue weighted by molar-refractivity contribution is 5.28. The molecule has 1 aliphatic rings. The number of halogens is 5. The molecule has 0 fully saturated rings. The predicted molar refractivity (Wildman–Crippen MR) is 37.4 cm³/mol. The summed E-state index contributed by atoms with van der Waals surface area (Å²) in [7, 11) is 0. The van der Waals surface area contributed by atoms with E-state index in [1.807, 2.05) is 0 Å². The van der Waals surface area contributed by atoms with E-state index in [1.54, 1.807) is 0 Å². The van der Waals surface area contributed by atoms with Crippen LogP contribution < -0.4 is 0 Å². The zero-order chi connectivity index (χ0) is 10.3. The van der Waals surface area contributed by atoms with Gasteiger partial charge < -0.3 is 0 Å². The maximum Gasteiger partial charge on any atom is 0.429 e. The van der Waals surface area contributed by atoms with E-state index in [0.717, 1.165) is 19.1 Å². The highest BCUT2D eigenvalue weighted by Gasteiger charge is 2.62. The first-order valence-corrected chi connectivity index (χ1v) is 3.60. The first kappa shape index (κ1) is 10.2. The van der Waals surface area contributed by atoms with Gasteiger partial charge in [0.25, 0.3) is 5.67 Å². The molecule has 1 rings (SSSR count). The summed E-state index contributed by atoms with van der Waals surface area (Å²) in [4.78, 5) is 0. The summed E-state index contributed by atoms with van der Waals surface area (Å²) in [5.74, 6) is -3.31. The molecular formula is C8H7F5. The summed E-state index contributed by atoms with van der Waals surface area (Å²) in [6.45, 7) is 0.983. The van der Waals surface area contributed by atoms with Gasteiger partial charge in [-0.15, -0.1) is 0 Å². The van der Waals surface area contributed by atoms with Gasteiger partial charge in [0.05, 0.1) is 0 Å². The van der Waals surface area contributed by atoms with Gasteiger partial charge in [-0.1, -0.05) is 19.1 Å². The van der Waals surface area contributed by atoms with E-state index in [2.05, 4.69) is 0 Å². The van der Waals surface area contributed by atoms with Crippen LogP contribution in [0.5, 0.6) is 0 Å². The number of alkyl halides is 4. The van der Waals surface area contributed by atoms with Crippen molar-refractivity contribution in [1.82, 2.24) is 0 Å². The van der Waals surface area contributed by atoms with E-state index in [1.165, 1.54) is 0 Å². The lowest BCUT2D eigenvalue weighted by atomic mass is 9.85. The molecule has 0 radical (unpaired) electrons. The Balaban J connectivity index is 3.15. The van der Waals surface area contributed by atoms with Gasteiger partial charge in [-0.25, -0.2) is 8.78 Å². The van der Waals surface area contributed by atoms with Gasteiger partial charge in [0, 0.05) is 5.92 Å². The zero-order valence-corrected chi connectivity index (χ0v) is 6.70. The van der Waals surface area contributed by atoms with Crippen LogP contribution in [0.1, 0.15) is 6.92 Å². The molecule has 0 amide bonds. The molecule has 1 aliphatic carbocycles. The van der Waals surface area contributed by atoms with E-state index < -0.39 is 23.6 Å². The molecule has 13 heavy (non-hydrogen) atoms. The van der Waals surface area contributed by atoms with Crippen molar-refractivity contribution in [3.8, 4) is 0 Å². The molecule has 5 heteroatoms. The van der Waals surface area contributed by atoms with Crippen LogP contribution in [0.15, 0.2) is 24.1 Å². The maximum atomic E-state index is 13.2. The van der Waals surface area contributed by atoms with E-state index >= 15 is 0 Å². The average molecular weight is 198 g/mol. The number of hydrogen-bond acceptors (Lipinski definition) is 0. The quantitative estimate of drug-likeness (QED) is 0.524. The minimum absolute atomic E-state index is 0.494. The monoisotopic (exact) mass is 198 g/mol. The minimum Gasteiger partial charge on any atom is -0.225 e. The molecule has 0 aromatic carbocycles. The van der Waals surface area contributed by atoms with Gasteiger partial charge in [0.15, 0.2) is 0 Å². The largest absolute Gasteiger partial charge is 0.429 e. The first-order valence-electron chi connectivity index (χ1n) is 3.60. The normalized spacial score (nSPS) is 34.6. The highest BCUT2D eigenvalue weighted by atomic mass is 19.4. The molecule has 0 aromatic rings. The molecule has 0 aromatic heterocycles. The Morgan fingerprint density at radius 1 is 1.38 bits per heavy atom. The summed E-state index contributed by atoms with van der Waals surface area (Å²) in [6.07, 6.45) is -2.66. The van der Waals surface area contributed by atoms with Gasteiger partial charge in [-0.05, 0) is 6.08 Å². The summed E-state index contributed by atoms with van der Waals surface area (Å²) in [5.41, 5.74) is -3.86. The average Bonchev–Trinajstić information content (AvgIpc) is 1.97. The molecular weight excluding hydrogens is 191 g/mol. The summed E-state index contributed by atoms with van der Waals surface area (Å²) in [5, 5.41) is 0. The van der Waals surface area contributed by atoms with E-state index in [0.29, 0.717) is 6.08 Å². The Bertz CT molecular complexity index is 262. The molecule has 0 spiro atoms. The minimum atomic E-state index is -5.21. The molecule has 2 atom stereocenters. The lowest BCUT2D eigenvalue weighted by Crippen LogP contribution is -2.47. The van der Waals surface area contributed by atoms with E-state index in [-0.39, 0.29) is 0 Å². The van der Waals surface area contributed by atoms with Crippen LogP contribution >= 0.6 is 0 Å². The van der Waals surface area contributed by atoms with Crippen molar-refractivity contribution in [3.05, 3.63) is 24.1 Å². The lowest BCUT2D eigenvalue weighted by Gasteiger charge is -2.31. The maximum absolute atomic E-state index is 13.2. The predicted octanol–water partition coefficient (Wildman–Crippen LogP) is 3.32. The van der Waals surface area contributed by atoms with Crippen LogP contribution in [-0.2, 0) is 0 Å². The van der Waals surface area contributed by atoms with Crippen LogP contribution in [0, 0.1) is 5.92 Å². The fourth-order valence-electron chi connectivity index (χ4n) is 1.17. The van der Waals surface area contributed by atoms with Gasteiger partial charge in [-0.2, -0.15) is 13.2 Å². The molecule has 0 heterocycles. The van der Waals surface area contributed by atoms with E-state index in [4.69, 9.17) is 0 Å². The smallest absolute Gasteiger partial charge is 0.225 e. The summed E-state index contributed by atoms with van der Waals surface area (Å²) in [6, 6.07) is 0. The lowest BCUT2D eigenvalue weighted by molar-refractivity contribution is -0.232. The van der Waals surface area contributed by atoms with Crippen molar-refractivity contribution in [2.45, 2.75) is 18.8 Å². The van der Waals surface area contributed by atoms with Crippen LogP contribution in [0.3, 0.4) is 0 Å². The fourth-order valence-corrected chi connectivity index (χ4v) is 1.17. The van der Waals surface area contributed by atoms with Crippen molar-refractivity contribution < 1.29 is 22.0 Å². The van der Waals surface area contributed by atoms with Crippen molar-refractivity contribution in [3.63, 3.8) is 0 Å². The summed E-state index contributed by atoms with van der Waals surface area (Å²) >= 11 is 0. The Labute approximate surface area is 71.7 Å². The topological polar surface area (TPSA) is 0 Å². The van der Waals surface area contributed by atoms with Crippen molar-refractivity contribution in [2.24, 2.45) is 5.92 Å². The standard InChI is InChI=1S/C8H7F5/c1-5-3-2-4-6(9)7(5,10)8(11,12)13/h2-5H,1H3. The summed E-state index contributed by atoms with van der Waals surface area (Å²) < 4.78 is 62.4. The Hall–Kier alpha value is -0.870. The van der Waals surface area contributed by atoms with E-state index in [9.17, 15) is 22.0 Å². The molecule has 2 unspecified atom stereocenters. The molecule has 74 valence electrons. The number of hydrogen-bond donors (Lipinski definition) is 0. The van der Waals surface area contributed by atoms with Crippen LogP contribution in [0.4, 0.5) is 22.0 Å². The molecule has 0 N–H and O–H groups in total. The Morgan fingerprint density at radius 3 is 2.23 bits per heavy atom. The third-order valence-electron chi connectivity index (χ3n) is 2.03. The second kappa shape index (κ2) is 2.82. The SMILES string of the molecule is CC1C=CC=C(F)C1(F)C(F)(F)F. The number of rotatable bonds is 0. The second-order valence-corrected chi connectivity index (χ2v) is 2.90. The number of allylic oxidation sites excluding steroid dienone is 4. The third kappa shape index (κ3) is 1.36. The van der Waals surface area contributed by atoms with Gasteiger partial charge >= 0.3 is 6.18 Å². The highest BCUT2D eigenvalue weighted by Crippen LogP contribution is 2.47. The Morgan fingerprint density at radius 2 is 1.92 bits per heavy atom. The molecule has 0 nitrogen and oxygen atoms in total. The zero-order valence-electron chi connectivity index (χ0n) is 6.70. The Kier molecular flexibility index (Phi) is 2.21. The second-order valence-electron chi connectivity index (χ2n) is 2.90. The van der Waals surface area contributed by atoms with Crippen LogP contribution in [0.25, 0.3) is 0 Å². The van der Waals surface area contributed by atoms with Crippen molar-refractivity contribution in [1.29, 1.82) is 0 Å². The van der Waals surface area contributed by atoms with Gasteiger partial charge in [-0.3, -0.25) is 0 Å². The van der Waals surface area contributed by atoms with Gasteiger partial charge in [0.2, 0.25) is 0 Å². The molecule has 0 bridgehead atoms. The third-order valence-corrected chi connectivity index (χ3v) is 2.03. The van der Waals surface area contributed by atoms with Crippen LogP contribution in [-0.4, -0.2) is 11.8 Å². The van der Waals surface area contributed by atoms with Crippen molar-refractivity contribution in [2.75, 3.05) is 0 Å².